The van der Waals surface area contributed by atoms with E-state index in [-0.39, 0.29) is 6.04 Å². The summed E-state index contributed by atoms with van der Waals surface area (Å²) in [6.07, 6.45) is 5.53. The van der Waals surface area contributed by atoms with Gasteiger partial charge in [0, 0.05) is 29.2 Å². The Labute approximate surface area is 125 Å². The Morgan fingerprint density at radius 1 is 1.10 bits per heavy atom. The molecule has 2 atom stereocenters. The van der Waals surface area contributed by atoms with Crippen molar-refractivity contribution in [2.45, 2.75) is 13.0 Å². The number of benzene rings is 2. The largest absolute Gasteiger partial charge is 0.590 e. The Morgan fingerprint density at radius 2 is 1.90 bits per heavy atom. The predicted octanol–water partition coefficient (Wildman–Crippen LogP) is 4.53. The van der Waals surface area contributed by atoms with E-state index in [2.05, 4.69) is 30.1 Å². The molecule has 0 fully saturated rings. The van der Waals surface area contributed by atoms with Gasteiger partial charge in [-0.15, -0.1) is 0 Å². The van der Waals surface area contributed by atoms with Crippen LogP contribution in [0.15, 0.2) is 61.2 Å². The Morgan fingerprint density at radius 3 is 2.71 bits per heavy atom. The second kappa shape index (κ2) is 4.69. The molecule has 0 bridgehead atoms. The summed E-state index contributed by atoms with van der Waals surface area (Å²) in [7, 11) is -1.07. The molecule has 21 heavy (non-hydrogen) atoms. The molecule has 2 unspecified atom stereocenters. The van der Waals surface area contributed by atoms with Crippen LogP contribution >= 0.6 is 10.8 Å². The molecule has 4 rings (SSSR count). The molecule has 4 aromatic rings. The van der Waals surface area contributed by atoms with E-state index in [0.717, 1.165) is 25.7 Å². The van der Waals surface area contributed by atoms with Crippen LogP contribution in [0.5, 0.6) is 0 Å². The van der Waals surface area contributed by atoms with Crippen molar-refractivity contribution in [1.29, 1.82) is 0 Å². The van der Waals surface area contributed by atoms with Crippen LogP contribution in [-0.2, 0) is 0 Å². The Hall–Kier alpha value is -2.17. The molecule has 4 heteroatoms. The van der Waals surface area contributed by atoms with Gasteiger partial charge in [0.2, 0.25) is 0 Å². The SMILES string of the molecule is CC(c1ccc2c3ccccc3[s+]([O-])c2c1)n1ccnc1. The Kier molecular flexibility index (Phi) is 2.80. The van der Waals surface area contributed by atoms with Gasteiger partial charge < -0.3 is 9.12 Å². The molecule has 2 aromatic heterocycles. The lowest BCUT2D eigenvalue weighted by molar-refractivity contribution is 0.602. The minimum absolute atomic E-state index is 0.179. The molecule has 0 aliphatic rings. The van der Waals surface area contributed by atoms with Crippen LogP contribution in [0.2, 0.25) is 0 Å². The first-order valence-corrected chi connectivity index (χ1v) is 8.03. The van der Waals surface area contributed by atoms with Gasteiger partial charge >= 0.3 is 0 Å². The van der Waals surface area contributed by atoms with Crippen molar-refractivity contribution in [1.82, 2.24) is 9.55 Å². The van der Waals surface area contributed by atoms with Crippen LogP contribution in [0.1, 0.15) is 18.5 Å². The van der Waals surface area contributed by atoms with Crippen LogP contribution in [0.25, 0.3) is 20.2 Å². The molecule has 0 saturated heterocycles. The average molecular weight is 294 g/mol. The summed E-state index contributed by atoms with van der Waals surface area (Å²) >= 11 is 0. The summed E-state index contributed by atoms with van der Waals surface area (Å²) in [6.45, 7) is 2.12. The fourth-order valence-electron chi connectivity index (χ4n) is 2.81. The smallest absolute Gasteiger partial charge is 0.181 e. The summed E-state index contributed by atoms with van der Waals surface area (Å²) < 4.78 is 16.5. The van der Waals surface area contributed by atoms with Gasteiger partial charge in [-0.3, -0.25) is 0 Å². The van der Waals surface area contributed by atoms with Gasteiger partial charge in [0.15, 0.2) is 9.40 Å². The lowest BCUT2D eigenvalue weighted by atomic mass is 10.1. The van der Waals surface area contributed by atoms with Gasteiger partial charge in [-0.2, -0.15) is 0 Å². The normalized spacial score (nSPS) is 13.9. The summed E-state index contributed by atoms with van der Waals surface area (Å²) in [4.78, 5) is 4.09. The minimum atomic E-state index is -1.07. The molecule has 2 aromatic carbocycles. The maximum Gasteiger partial charge on any atom is 0.181 e. The van der Waals surface area contributed by atoms with Gasteiger partial charge in [0.1, 0.15) is 0 Å². The monoisotopic (exact) mass is 294 g/mol. The summed E-state index contributed by atoms with van der Waals surface area (Å²) in [6, 6.07) is 14.4. The molecule has 0 saturated carbocycles. The zero-order chi connectivity index (χ0) is 14.4. The zero-order valence-electron chi connectivity index (χ0n) is 11.6. The van der Waals surface area contributed by atoms with Gasteiger partial charge in [-0.1, -0.05) is 18.2 Å². The van der Waals surface area contributed by atoms with Crippen LogP contribution in [0, 0.1) is 0 Å². The molecule has 3 nitrogen and oxygen atoms in total. The molecule has 0 spiro atoms. The van der Waals surface area contributed by atoms with Crippen LogP contribution < -0.4 is 0 Å². The predicted molar refractivity (Wildman–Crippen MR) is 86.1 cm³/mol. The van der Waals surface area contributed by atoms with Crippen LogP contribution in [0.3, 0.4) is 0 Å². The highest BCUT2D eigenvalue weighted by atomic mass is 32.2. The molecule has 0 aliphatic heterocycles. The van der Waals surface area contributed by atoms with E-state index in [4.69, 9.17) is 0 Å². The first kappa shape index (κ1) is 12.6. The maximum atomic E-state index is 12.6. The molecule has 0 aliphatic carbocycles. The van der Waals surface area contributed by atoms with E-state index in [9.17, 15) is 4.55 Å². The maximum absolute atomic E-state index is 12.6. The van der Waals surface area contributed by atoms with E-state index in [1.807, 2.05) is 41.4 Å². The quantitative estimate of drug-likeness (QED) is 0.510. The number of hydrogen-bond donors (Lipinski definition) is 0. The standard InChI is InChI=1S/C17H14N2OS/c1-12(19-9-8-18-11-19)13-6-7-15-14-4-2-3-5-16(14)21(20)17(15)10-13/h2-12H,1H3. The van der Waals surface area contributed by atoms with E-state index in [1.165, 1.54) is 0 Å². The van der Waals surface area contributed by atoms with E-state index >= 15 is 0 Å². The zero-order valence-corrected chi connectivity index (χ0v) is 12.4. The summed E-state index contributed by atoms with van der Waals surface area (Å²) in [5.41, 5.74) is 1.15. The van der Waals surface area contributed by atoms with Crippen molar-refractivity contribution in [3.05, 3.63) is 66.7 Å². The second-order valence-electron chi connectivity index (χ2n) is 5.21. The van der Waals surface area contributed by atoms with Crippen molar-refractivity contribution in [3.8, 4) is 0 Å². The fourth-order valence-corrected chi connectivity index (χ4v) is 4.25. The van der Waals surface area contributed by atoms with Crippen molar-refractivity contribution in [2.75, 3.05) is 0 Å². The fraction of sp³-hybridized carbons (Fsp3) is 0.118. The average Bonchev–Trinajstić information content (AvgIpc) is 3.15. The van der Waals surface area contributed by atoms with Crippen LogP contribution in [-0.4, -0.2) is 14.1 Å². The molecule has 104 valence electrons. The molecule has 0 amide bonds. The molecule has 0 radical (unpaired) electrons. The molecular weight excluding hydrogens is 280 g/mol. The number of imidazole rings is 1. The van der Waals surface area contributed by atoms with E-state index in [0.29, 0.717) is 0 Å². The number of nitrogens with zero attached hydrogens (tertiary/aromatic N) is 2. The number of fused-ring (bicyclic) bond motifs is 3. The van der Waals surface area contributed by atoms with Gasteiger partial charge in [0.05, 0.1) is 12.4 Å². The van der Waals surface area contributed by atoms with Gasteiger partial charge in [0.25, 0.3) is 0 Å². The van der Waals surface area contributed by atoms with Crippen molar-refractivity contribution in [3.63, 3.8) is 0 Å². The minimum Gasteiger partial charge on any atom is -0.590 e. The highest BCUT2D eigenvalue weighted by molar-refractivity contribution is 7.37. The number of hydrogen-bond acceptors (Lipinski definition) is 2. The third kappa shape index (κ3) is 1.87. The Bertz CT molecular complexity index is 925. The van der Waals surface area contributed by atoms with Crippen LogP contribution in [0.4, 0.5) is 0 Å². The van der Waals surface area contributed by atoms with Crippen molar-refractivity contribution in [2.24, 2.45) is 0 Å². The number of aromatic nitrogens is 2. The Balaban J connectivity index is 1.94. The lowest BCUT2D eigenvalue weighted by Gasteiger charge is -2.12. The first-order valence-electron chi connectivity index (χ1n) is 6.88. The summed E-state index contributed by atoms with van der Waals surface area (Å²) in [5, 5.41) is 2.18. The van der Waals surface area contributed by atoms with Gasteiger partial charge in [-0.05, 0) is 41.4 Å². The molecule has 2 heterocycles. The molecule has 0 N–H and O–H groups in total. The summed E-state index contributed by atoms with van der Waals surface area (Å²) in [5.74, 6) is 0. The number of thiophene rings is 1. The third-order valence-corrected chi connectivity index (χ3v) is 5.53. The van der Waals surface area contributed by atoms with Crippen molar-refractivity contribution < 1.29 is 4.55 Å². The molecular formula is C17H14N2OS. The number of rotatable bonds is 2. The second-order valence-corrected chi connectivity index (χ2v) is 6.62. The first-order chi connectivity index (χ1) is 10.3. The topological polar surface area (TPSA) is 40.9 Å². The van der Waals surface area contributed by atoms with E-state index < -0.39 is 10.8 Å². The lowest BCUT2D eigenvalue weighted by Crippen LogP contribution is -2.03. The highest BCUT2D eigenvalue weighted by Gasteiger charge is 2.17. The highest BCUT2D eigenvalue weighted by Crippen LogP contribution is 2.41. The van der Waals surface area contributed by atoms with E-state index in [1.54, 1.807) is 6.20 Å². The third-order valence-electron chi connectivity index (χ3n) is 4.04. The van der Waals surface area contributed by atoms with Crippen molar-refractivity contribution >= 4 is 30.9 Å². The van der Waals surface area contributed by atoms with Gasteiger partial charge in [-0.25, -0.2) is 4.98 Å².